The van der Waals surface area contributed by atoms with Crippen LogP contribution in [0.5, 0.6) is 0 Å². The number of imidazole rings is 1. The maximum Gasteiger partial charge on any atom is 0.250 e. The number of aryl methyl sites for hydroxylation is 1. The highest BCUT2D eigenvalue weighted by atomic mass is 35.5. The van der Waals surface area contributed by atoms with E-state index in [-0.39, 0.29) is 0 Å². The molecule has 0 saturated heterocycles. The molecule has 0 unspecified atom stereocenters. The van der Waals surface area contributed by atoms with E-state index in [1.54, 1.807) is 12.1 Å². The van der Waals surface area contributed by atoms with Crippen molar-refractivity contribution in [3.8, 4) is 0 Å². The van der Waals surface area contributed by atoms with Gasteiger partial charge in [-0.3, -0.25) is 4.79 Å². The number of halogens is 1. The molecule has 1 aromatic heterocycles. The molecular formula is C10H10ClN3O. The minimum absolute atomic E-state index is 0.304. The van der Waals surface area contributed by atoms with Gasteiger partial charge in [0, 0.05) is 6.42 Å². The van der Waals surface area contributed by atoms with Crippen molar-refractivity contribution < 1.29 is 4.79 Å². The number of primary amides is 1. The van der Waals surface area contributed by atoms with Crippen LogP contribution in [-0.4, -0.2) is 15.9 Å². The molecule has 2 rings (SSSR count). The molecule has 1 amide bonds. The van der Waals surface area contributed by atoms with Gasteiger partial charge in [-0.1, -0.05) is 18.5 Å². The van der Waals surface area contributed by atoms with Crippen LogP contribution in [0.1, 0.15) is 23.1 Å². The monoisotopic (exact) mass is 223 g/mol. The maximum atomic E-state index is 11.0. The van der Waals surface area contributed by atoms with Gasteiger partial charge in [-0.05, 0) is 12.1 Å². The van der Waals surface area contributed by atoms with Crippen LogP contribution in [0, 0.1) is 0 Å². The van der Waals surface area contributed by atoms with Crippen molar-refractivity contribution in [1.82, 2.24) is 9.97 Å². The number of nitrogens with zero attached hydrogens (tertiary/aromatic N) is 1. The lowest BCUT2D eigenvalue weighted by Crippen LogP contribution is -2.11. The fraction of sp³-hybridized carbons (Fsp3) is 0.200. The average Bonchev–Trinajstić information content (AvgIpc) is 2.58. The number of carbonyl (C=O) groups is 1. The Morgan fingerprint density at radius 1 is 1.60 bits per heavy atom. The molecule has 0 aliphatic heterocycles. The van der Waals surface area contributed by atoms with Gasteiger partial charge >= 0.3 is 0 Å². The number of H-pyrrole nitrogens is 1. The van der Waals surface area contributed by atoms with E-state index in [1.807, 2.05) is 6.92 Å². The first-order valence-electron chi connectivity index (χ1n) is 4.59. The Labute approximate surface area is 91.4 Å². The highest BCUT2D eigenvalue weighted by molar-refractivity contribution is 6.34. The molecule has 3 N–H and O–H groups in total. The standard InChI is InChI=1S/C10H10ClN3O/c1-2-9-13-7-3-5(10(12)15)6(11)4-8(7)14-9/h3-4H,2H2,1H3,(H2,12,15)(H,13,14). The van der Waals surface area contributed by atoms with E-state index in [0.717, 1.165) is 17.8 Å². The van der Waals surface area contributed by atoms with Crippen molar-refractivity contribution in [2.45, 2.75) is 13.3 Å². The quantitative estimate of drug-likeness (QED) is 0.816. The van der Waals surface area contributed by atoms with Gasteiger partial charge in [0.05, 0.1) is 21.6 Å². The summed E-state index contributed by atoms with van der Waals surface area (Å²) in [5, 5.41) is 0.348. The number of rotatable bonds is 2. The summed E-state index contributed by atoms with van der Waals surface area (Å²) in [6, 6.07) is 3.28. The number of benzene rings is 1. The van der Waals surface area contributed by atoms with E-state index in [9.17, 15) is 4.79 Å². The van der Waals surface area contributed by atoms with Gasteiger partial charge in [-0.25, -0.2) is 4.98 Å². The van der Waals surface area contributed by atoms with Gasteiger partial charge in [0.2, 0.25) is 5.91 Å². The number of nitrogens with two attached hydrogens (primary N) is 1. The SMILES string of the molecule is CCc1nc2cc(C(N)=O)c(Cl)cc2[nH]1. The van der Waals surface area contributed by atoms with Gasteiger partial charge in [0.25, 0.3) is 0 Å². The molecule has 2 aromatic rings. The van der Waals surface area contributed by atoms with Gasteiger partial charge < -0.3 is 10.7 Å². The zero-order chi connectivity index (χ0) is 11.0. The van der Waals surface area contributed by atoms with Crippen LogP contribution in [-0.2, 0) is 6.42 Å². The maximum absolute atomic E-state index is 11.0. The fourth-order valence-corrected chi connectivity index (χ4v) is 1.70. The van der Waals surface area contributed by atoms with Crippen LogP contribution >= 0.6 is 11.6 Å². The Morgan fingerprint density at radius 3 is 2.93 bits per heavy atom. The zero-order valence-electron chi connectivity index (χ0n) is 8.17. The number of aromatic nitrogens is 2. The molecule has 0 aliphatic carbocycles. The Morgan fingerprint density at radius 2 is 2.33 bits per heavy atom. The third-order valence-electron chi connectivity index (χ3n) is 2.22. The van der Waals surface area contributed by atoms with Crippen LogP contribution in [0.3, 0.4) is 0 Å². The van der Waals surface area contributed by atoms with E-state index < -0.39 is 5.91 Å². The number of carbonyl (C=O) groups excluding carboxylic acids is 1. The molecule has 15 heavy (non-hydrogen) atoms. The minimum Gasteiger partial charge on any atom is -0.366 e. The van der Waals surface area contributed by atoms with E-state index in [0.29, 0.717) is 16.1 Å². The Hall–Kier alpha value is -1.55. The van der Waals surface area contributed by atoms with Gasteiger partial charge in [-0.15, -0.1) is 0 Å². The number of hydrogen-bond acceptors (Lipinski definition) is 2. The van der Waals surface area contributed by atoms with Crippen molar-refractivity contribution in [1.29, 1.82) is 0 Å². The van der Waals surface area contributed by atoms with Crippen LogP contribution in [0.15, 0.2) is 12.1 Å². The summed E-state index contributed by atoms with van der Waals surface area (Å²) >= 11 is 5.90. The van der Waals surface area contributed by atoms with E-state index in [1.165, 1.54) is 0 Å². The third kappa shape index (κ3) is 1.68. The van der Waals surface area contributed by atoms with Crippen molar-refractivity contribution in [2.24, 2.45) is 5.73 Å². The van der Waals surface area contributed by atoms with Gasteiger partial charge in [0.1, 0.15) is 5.82 Å². The molecule has 1 heterocycles. The van der Waals surface area contributed by atoms with Crippen LogP contribution in [0.2, 0.25) is 5.02 Å². The lowest BCUT2D eigenvalue weighted by molar-refractivity contribution is 0.100. The summed E-state index contributed by atoms with van der Waals surface area (Å²) in [7, 11) is 0. The summed E-state index contributed by atoms with van der Waals surface area (Å²) in [5.41, 5.74) is 7.02. The number of fused-ring (bicyclic) bond motifs is 1. The molecular weight excluding hydrogens is 214 g/mol. The molecule has 0 saturated carbocycles. The Bertz CT molecular complexity index is 533. The van der Waals surface area contributed by atoms with Crippen molar-refractivity contribution >= 4 is 28.5 Å². The predicted octanol–water partition coefficient (Wildman–Crippen LogP) is 1.88. The highest BCUT2D eigenvalue weighted by Gasteiger charge is 2.10. The first kappa shape index (κ1) is 9.98. The largest absolute Gasteiger partial charge is 0.366 e. The number of aromatic amines is 1. The second kappa shape index (κ2) is 3.55. The summed E-state index contributed by atoms with van der Waals surface area (Å²) < 4.78 is 0. The number of amides is 1. The highest BCUT2D eigenvalue weighted by Crippen LogP contribution is 2.22. The molecule has 5 heteroatoms. The third-order valence-corrected chi connectivity index (χ3v) is 2.53. The molecule has 0 bridgehead atoms. The first-order chi connectivity index (χ1) is 7.11. The summed E-state index contributed by atoms with van der Waals surface area (Å²) in [5.74, 6) is 0.325. The van der Waals surface area contributed by atoms with Crippen molar-refractivity contribution in [2.75, 3.05) is 0 Å². The van der Waals surface area contributed by atoms with Crippen LogP contribution < -0.4 is 5.73 Å². The molecule has 1 aromatic carbocycles. The van der Waals surface area contributed by atoms with Crippen molar-refractivity contribution in [3.63, 3.8) is 0 Å². The van der Waals surface area contributed by atoms with Gasteiger partial charge in [0.15, 0.2) is 0 Å². The molecule has 0 aliphatic rings. The fourth-order valence-electron chi connectivity index (χ4n) is 1.44. The molecule has 0 fully saturated rings. The topological polar surface area (TPSA) is 71.8 Å². The summed E-state index contributed by atoms with van der Waals surface area (Å²) in [6.07, 6.45) is 0.804. The first-order valence-corrected chi connectivity index (χ1v) is 4.97. The summed E-state index contributed by atoms with van der Waals surface area (Å²) in [4.78, 5) is 18.4. The molecule has 78 valence electrons. The predicted molar refractivity (Wildman–Crippen MR) is 59.0 cm³/mol. The normalized spacial score (nSPS) is 10.8. The van der Waals surface area contributed by atoms with Gasteiger partial charge in [-0.2, -0.15) is 0 Å². The summed E-state index contributed by atoms with van der Waals surface area (Å²) in [6.45, 7) is 1.99. The lowest BCUT2D eigenvalue weighted by Gasteiger charge is -1.98. The second-order valence-electron chi connectivity index (χ2n) is 3.25. The second-order valence-corrected chi connectivity index (χ2v) is 3.66. The zero-order valence-corrected chi connectivity index (χ0v) is 8.93. The minimum atomic E-state index is -0.539. The molecule has 4 nitrogen and oxygen atoms in total. The van der Waals surface area contributed by atoms with E-state index >= 15 is 0 Å². The Balaban J connectivity index is 2.68. The van der Waals surface area contributed by atoms with Crippen LogP contribution in [0.4, 0.5) is 0 Å². The van der Waals surface area contributed by atoms with Crippen molar-refractivity contribution in [3.05, 3.63) is 28.5 Å². The van der Waals surface area contributed by atoms with E-state index in [4.69, 9.17) is 17.3 Å². The molecule has 0 atom stereocenters. The number of nitrogens with one attached hydrogen (secondary N) is 1. The molecule has 0 spiro atoms. The Kier molecular flexibility index (Phi) is 2.36. The van der Waals surface area contributed by atoms with Crippen LogP contribution in [0.25, 0.3) is 11.0 Å². The lowest BCUT2D eigenvalue weighted by atomic mass is 10.2. The number of hydrogen-bond donors (Lipinski definition) is 2. The smallest absolute Gasteiger partial charge is 0.250 e. The molecule has 0 radical (unpaired) electrons. The average molecular weight is 224 g/mol. The van der Waals surface area contributed by atoms with E-state index in [2.05, 4.69) is 9.97 Å².